The van der Waals surface area contributed by atoms with E-state index in [1.54, 1.807) is 0 Å². The average molecular weight is 546 g/mol. The largest absolute Gasteiger partial charge is 0.481 e. The van der Waals surface area contributed by atoms with Crippen LogP contribution in [0.15, 0.2) is 0 Å². The second-order valence-corrected chi connectivity index (χ2v) is 12.0. The van der Waals surface area contributed by atoms with Crippen molar-refractivity contribution in [2.45, 2.75) is 148 Å². The standard InChI is InChI=1S/C29H55NO8/c1-5-6-7-8-9-10-11-12-13-16-19-37-28-24(33)22(31)23(32)25(38-28)26(34)30-18-15-14-17-21(27(35)36)20-29(2,3)4/h21-25,28,31-33H,5-20H2,1-4H3,(H,30,34)(H,35,36)/t21-,22+,23+,24-,25+,28-/m1/s1. The van der Waals surface area contributed by atoms with Gasteiger partial charge in [-0.1, -0.05) is 91.9 Å². The Kier molecular flexibility index (Phi) is 17.3. The first-order chi connectivity index (χ1) is 18.0. The molecule has 1 heterocycles. The molecule has 224 valence electrons. The van der Waals surface area contributed by atoms with Crippen molar-refractivity contribution in [2.24, 2.45) is 11.3 Å². The molecule has 9 heteroatoms. The maximum Gasteiger partial charge on any atom is 0.306 e. The highest BCUT2D eigenvalue weighted by atomic mass is 16.7. The molecule has 1 aliphatic rings. The summed E-state index contributed by atoms with van der Waals surface area (Å²) in [6, 6.07) is 0. The number of carboxylic acids is 1. The summed E-state index contributed by atoms with van der Waals surface area (Å²) in [4.78, 5) is 24.1. The first-order valence-electron chi connectivity index (χ1n) is 14.8. The molecule has 0 aliphatic carbocycles. The van der Waals surface area contributed by atoms with Crippen molar-refractivity contribution in [2.75, 3.05) is 13.2 Å². The molecule has 0 aromatic heterocycles. The number of hydrogen-bond donors (Lipinski definition) is 5. The topological polar surface area (TPSA) is 146 Å². The highest BCUT2D eigenvalue weighted by Crippen LogP contribution is 2.28. The molecule has 0 radical (unpaired) electrons. The van der Waals surface area contributed by atoms with Crippen molar-refractivity contribution in [3.8, 4) is 0 Å². The number of rotatable bonds is 20. The Hall–Kier alpha value is -1.26. The van der Waals surface area contributed by atoms with Crippen molar-refractivity contribution in [1.29, 1.82) is 0 Å². The van der Waals surface area contributed by atoms with Crippen LogP contribution < -0.4 is 5.32 Å². The first-order valence-corrected chi connectivity index (χ1v) is 14.8. The average Bonchev–Trinajstić information content (AvgIpc) is 2.85. The van der Waals surface area contributed by atoms with Gasteiger partial charge in [0, 0.05) is 13.2 Å². The van der Waals surface area contributed by atoms with Crippen molar-refractivity contribution >= 4 is 11.9 Å². The molecule has 1 aliphatic heterocycles. The number of aliphatic hydroxyl groups is 3. The van der Waals surface area contributed by atoms with Gasteiger partial charge in [0.1, 0.15) is 18.3 Å². The van der Waals surface area contributed by atoms with E-state index in [1.807, 2.05) is 20.8 Å². The Balaban J connectivity index is 2.32. The Bertz CT molecular complexity index is 653. The zero-order chi connectivity index (χ0) is 28.6. The fraction of sp³-hybridized carbons (Fsp3) is 0.931. The molecule has 38 heavy (non-hydrogen) atoms. The van der Waals surface area contributed by atoms with Crippen LogP contribution in [0.25, 0.3) is 0 Å². The Morgan fingerprint density at radius 1 is 0.842 bits per heavy atom. The Labute approximate surface area is 229 Å². The van der Waals surface area contributed by atoms with Gasteiger partial charge in [-0.05, 0) is 31.1 Å². The molecule has 0 unspecified atom stereocenters. The van der Waals surface area contributed by atoms with Crippen LogP contribution in [0.2, 0.25) is 0 Å². The van der Waals surface area contributed by atoms with Crippen LogP contribution in [0.5, 0.6) is 0 Å². The van der Waals surface area contributed by atoms with Gasteiger partial charge in [0.15, 0.2) is 12.4 Å². The Morgan fingerprint density at radius 3 is 1.97 bits per heavy atom. The highest BCUT2D eigenvalue weighted by Gasteiger charge is 2.47. The van der Waals surface area contributed by atoms with Crippen LogP contribution in [-0.4, -0.2) is 76.2 Å². The lowest BCUT2D eigenvalue weighted by molar-refractivity contribution is -0.290. The monoisotopic (exact) mass is 545 g/mol. The highest BCUT2D eigenvalue weighted by molar-refractivity contribution is 5.81. The third-order valence-electron chi connectivity index (χ3n) is 7.09. The summed E-state index contributed by atoms with van der Waals surface area (Å²) < 4.78 is 11.2. The fourth-order valence-electron chi connectivity index (χ4n) is 4.87. The van der Waals surface area contributed by atoms with E-state index in [0.717, 1.165) is 19.3 Å². The minimum atomic E-state index is -1.58. The lowest BCUT2D eigenvalue weighted by Crippen LogP contribution is -2.62. The quantitative estimate of drug-likeness (QED) is 0.143. The fourth-order valence-corrected chi connectivity index (χ4v) is 4.87. The first kappa shape index (κ1) is 34.8. The third-order valence-corrected chi connectivity index (χ3v) is 7.09. The van der Waals surface area contributed by atoms with Crippen LogP contribution in [0.3, 0.4) is 0 Å². The molecule has 1 fully saturated rings. The van der Waals surface area contributed by atoms with Gasteiger partial charge in [-0.25, -0.2) is 0 Å². The van der Waals surface area contributed by atoms with Crippen molar-refractivity contribution in [3.63, 3.8) is 0 Å². The summed E-state index contributed by atoms with van der Waals surface area (Å²) in [7, 11) is 0. The van der Waals surface area contributed by atoms with Gasteiger partial charge in [0.05, 0.1) is 5.92 Å². The van der Waals surface area contributed by atoms with Gasteiger partial charge < -0.3 is 35.2 Å². The molecule has 1 amide bonds. The molecule has 6 atom stereocenters. The minimum absolute atomic E-state index is 0.0801. The number of aliphatic hydroxyl groups excluding tert-OH is 3. The van der Waals surface area contributed by atoms with E-state index in [2.05, 4.69) is 12.2 Å². The molecule has 1 rings (SSSR count). The zero-order valence-electron chi connectivity index (χ0n) is 24.2. The van der Waals surface area contributed by atoms with Gasteiger partial charge in [0.25, 0.3) is 5.91 Å². The predicted molar refractivity (Wildman–Crippen MR) is 147 cm³/mol. The zero-order valence-corrected chi connectivity index (χ0v) is 24.2. The van der Waals surface area contributed by atoms with E-state index in [-0.39, 0.29) is 12.0 Å². The summed E-state index contributed by atoms with van der Waals surface area (Å²) in [5.41, 5.74) is -0.0801. The summed E-state index contributed by atoms with van der Waals surface area (Å²) in [6.45, 7) is 8.87. The van der Waals surface area contributed by atoms with Crippen LogP contribution in [0.4, 0.5) is 0 Å². The van der Waals surface area contributed by atoms with Gasteiger partial charge in [-0.3, -0.25) is 9.59 Å². The van der Waals surface area contributed by atoms with Crippen LogP contribution in [-0.2, 0) is 19.1 Å². The van der Waals surface area contributed by atoms with Crippen LogP contribution >= 0.6 is 0 Å². The molecule has 1 saturated heterocycles. The maximum atomic E-state index is 12.6. The minimum Gasteiger partial charge on any atom is -0.481 e. The lowest BCUT2D eigenvalue weighted by atomic mass is 9.82. The SMILES string of the molecule is CCCCCCCCCCCCO[C@@H]1O[C@H](C(=O)NCCCC[C@H](CC(C)(C)C)C(=O)O)[C@@H](O)[C@H](O)[C@H]1O. The van der Waals surface area contributed by atoms with E-state index in [0.29, 0.717) is 32.3 Å². The van der Waals surface area contributed by atoms with Gasteiger partial charge >= 0.3 is 5.97 Å². The number of hydrogen-bond acceptors (Lipinski definition) is 7. The van der Waals surface area contributed by atoms with Gasteiger partial charge in [-0.2, -0.15) is 0 Å². The Morgan fingerprint density at radius 2 is 1.42 bits per heavy atom. The summed E-state index contributed by atoms with van der Waals surface area (Å²) in [6.07, 6.45) is 6.95. The number of amides is 1. The van der Waals surface area contributed by atoms with E-state index in [9.17, 15) is 30.0 Å². The number of ether oxygens (including phenoxy) is 2. The summed E-state index contributed by atoms with van der Waals surface area (Å²) in [5, 5.41) is 42.9. The number of aliphatic carboxylic acids is 1. The number of carbonyl (C=O) groups excluding carboxylic acids is 1. The third kappa shape index (κ3) is 14.2. The van der Waals surface area contributed by atoms with E-state index in [1.165, 1.54) is 44.9 Å². The molecule has 5 N–H and O–H groups in total. The summed E-state index contributed by atoms with van der Waals surface area (Å²) in [5.74, 6) is -1.83. The molecule has 0 aromatic carbocycles. The van der Waals surface area contributed by atoms with E-state index < -0.39 is 48.5 Å². The second-order valence-electron chi connectivity index (χ2n) is 12.0. The molecule has 9 nitrogen and oxygen atoms in total. The van der Waals surface area contributed by atoms with E-state index >= 15 is 0 Å². The normalized spacial score (nSPS) is 24.8. The van der Waals surface area contributed by atoms with Crippen molar-refractivity contribution < 1.29 is 39.5 Å². The second kappa shape index (κ2) is 18.9. The van der Waals surface area contributed by atoms with Crippen LogP contribution in [0.1, 0.15) is 118 Å². The van der Waals surface area contributed by atoms with Crippen molar-refractivity contribution in [3.05, 3.63) is 0 Å². The molecule has 0 aromatic rings. The van der Waals surface area contributed by atoms with E-state index in [4.69, 9.17) is 9.47 Å². The molecular formula is C29H55NO8. The number of carboxylic acid groups (broad SMARTS) is 1. The number of carbonyl (C=O) groups is 2. The van der Waals surface area contributed by atoms with Crippen molar-refractivity contribution in [1.82, 2.24) is 5.32 Å². The van der Waals surface area contributed by atoms with Gasteiger partial charge in [0.2, 0.25) is 0 Å². The molecular weight excluding hydrogens is 490 g/mol. The molecule has 0 saturated carbocycles. The number of nitrogens with one attached hydrogen (secondary N) is 1. The molecule has 0 spiro atoms. The maximum absolute atomic E-state index is 12.6. The lowest BCUT2D eigenvalue weighted by Gasteiger charge is -2.39. The van der Waals surface area contributed by atoms with Gasteiger partial charge in [-0.15, -0.1) is 0 Å². The summed E-state index contributed by atoms with van der Waals surface area (Å²) >= 11 is 0. The molecule has 0 bridgehead atoms. The predicted octanol–water partition coefficient (Wildman–Crippen LogP) is 4.16. The number of unbranched alkanes of at least 4 members (excludes halogenated alkanes) is 10. The smallest absolute Gasteiger partial charge is 0.306 e. The van der Waals surface area contributed by atoms with Crippen LogP contribution in [0, 0.1) is 11.3 Å².